The highest BCUT2D eigenvalue weighted by atomic mass is 79.9. The quantitative estimate of drug-likeness (QED) is 0.601. The van der Waals surface area contributed by atoms with E-state index in [0.717, 1.165) is 25.0 Å². The number of hydrogen-bond donors (Lipinski definition) is 1. The van der Waals surface area contributed by atoms with Gasteiger partial charge < -0.3 is 9.73 Å². The SMILES string of the molecule is CCCCNC(=O)c1c(-c2ccc(C(F)(F)F)cc2)oc(Br)c1CC. The first-order chi connectivity index (χ1) is 11.8. The number of nitrogens with one attached hydrogen (secondary N) is 1. The molecule has 0 saturated heterocycles. The minimum atomic E-state index is -4.41. The second-order valence-corrected chi connectivity index (χ2v) is 6.32. The summed E-state index contributed by atoms with van der Waals surface area (Å²) >= 11 is 3.30. The van der Waals surface area contributed by atoms with E-state index in [1.165, 1.54) is 12.1 Å². The van der Waals surface area contributed by atoms with Crippen molar-refractivity contribution in [3.63, 3.8) is 0 Å². The summed E-state index contributed by atoms with van der Waals surface area (Å²) in [6, 6.07) is 4.60. The van der Waals surface area contributed by atoms with Crippen LogP contribution in [0.25, 0.3) is 11.3 Å². The van der Waals surface area contributed by atoms with Crippen LogP contribution in [0.4, 0.5) is 13.2 Å². The maximum atomic E-state index is 12.7. The fourth-order valence-electron chi connectivity index (χ4n) is 2.47. The van der Waals surface area contributed by atoms with Crippen LogP contribution in [0.2, 0.25) is 0 Å². The van der Waals surface area contributed by atoms with Crippen molar-refractivity contribution in [2.24, 2.45) is 0 Å². The standard InChI is InChI=1S/C18H19BrF3NO2/c1-3-5-10-23-17(24)14-13(4-2)16(19)25-15(14)11-6-8-12(9-7-11)18(20,21)22/h6-9H,3-5,10H2,1-2H3,(H,23,24). The molecule has 0 bridgehead atoms. The first-order valence-electron chi connectivity index (χ1n) is 8.06. The fourth-order valence-corrected chi connectivity index (χ4v) is 3.11. The molecule has 3 nitrogen and oxygen atoms in total. The van der Waals surface area contributed by atoms with E-state index in [9.17, 15) is 18.0 Å². The van der Waals surface area contributed by atoms with Crippen LogP contribution in [-0.2, 0) is 12.6 Å². The lowest BCUT2D eigenvalue weighted by atomic mass is 10.0. The Bertz CT molecular complexity index is 736. The van der Waals surface area contributed by atoms with Gasteiger partial charge in [0.2, 0.25) is 0 Å². The summed E-state index contributed by atoms with van der Waals surface area (Å²) in [5.41, 5.74) is 0.745. The summed E-state index contributed by atoms with van der Waals surface area (Å²) < 4.78 is 44.3. The number of carbonyl (C=O) groups is 1. The molecule has 0 unspecified atom stereocenters. The number of halogens is 4. The molecular formula is C18H19BrF3NO2. The molecule has 0 aliphatic rings. The van der Waals surface area contributed by atoms with Crippen molar-refractivity contribution in [1.82, 2.24) is 5.32 Å². The average Bonchev–Trinajstić information content (AvgIpc) is 2.90. The fraction of sp³-hybridized carbons (Fsp3) is 0.389. The van der Waals surface area contributed by atoms with Gasteiger partial charge in [-0.05, 0) is 40.9 Å². The van der Waals surface area contributed by atoms with Crippen LogP contribution in [0.5, 0.6) is 0 Å². The Morgan fingerprint density at radius 2 is 1.84 bits per heavy atom. The molecule has 1 aromatic heterocycles. The van der Waals surface area contributed by atoms with Crippen molar-refractivity contribution >= 4 is 21.8 Å². The zero-order valence-electron chi connectivity index (χ0n) is 14.0. The summed E-state index contributed by atoms with van der Waals surface area (Å²) in [6.45, 7) is 4.44. The molecular weight excluding hydrogens is 399 g/mol. The second-order valence-electron chi connectivity index (χ2n) is 5.60. The molecule has 0 aliphatic heterocycles. The van der Waals surface area contributed by atoms with Crippen molar-refractivity contribution < 1.29 is 22.4 Å². The van der Waals surface area contributed by atoms with E-state index < -0.39 is 11.7 Å². The predicted molar refractivity (Wildman–Crippen MR) is 93.5 cm³/mol. The van der Waals surface area contributed by atoms with Crippen LogP contribution in [0.15, 0.2) is 33.4 Å². The van der Waals surface area contributed by atoms with Crippen LogP contribution >= 0.6 is 15.9 Å². The molecule has 25 heavy (non-hydrogen) atoms. The molecule has 1 N–H and O–H groups in total. The van der Waals surface area contributed by atoms with Crippen molar-refractivity contribution in [2.45, 2.75) is 39.3 Å². The van der Waals surface area contributed by atoms with Gasteiger partial charge in [0.1, 0.15) is 5.76 Å². The molecule has 1 amide bonds. The molecule has 0 atom stereocenters. The lowest BCUT2D eigenvalue weighted by Gasteiger charge is -2.09. The first-order valence-corrected chi connectivity index (χ1v) is 8.85. The Balaban J connectivity index is 2.42. The molecule has 136 valence electrons. The Morgan fingerprint density at radius 1 is 1.20 bits per heavy atom. The van der Waals surface area contributed by atoms with E-state index in [0.29, 0.717) is 34.3 Å². The van der Waals surface area contributed by atoms with Crippen molar-refractivity contribution in [1.29, 1.82) is 0 Å². The molecule has 0 aliphatic carbocycles. The second kappa shape index (κ2) is 8.08. The molecule has 2 rings (SSSR count). The van der Waals surface area contributed by atoms with Gasteiger partial charge in [0.25, 0.3) is 5.91 Å². The minimum Gasteiger partial charge on any atom is -0.448 e. The molecule has 0 spiro atoms. The number of alkyl halides is 3. The summed E-state index contributed by atoms with van der Waals surface area (Å²) in [5, 5.41) is 2.83. The Morgan fingerprint density at radius 3 is 2.36 bits per heavy atom. The number of unbranched alkanes of at least 4 members (excludes halogenated alkanes) is 1. The summed E-state index contributed by atoms with van der Waals surface area (Å²) in [7, 11) is 0. The van der Waals surface area contributed by atoms with Gasteiger partial charge in [0.15, 0.2) is 4.67 Å². The van der Waals surface area contributed by atoms with E-state index in [1.54, 1.807) is 0 Å². The van der Waals surface area contributed by atoms with Gasteiger partial charge in [-0.2, -0.15) is 13.2 Å². The number of benzene rings is 1. The minimum absolute atomic E-state index is 0.270. The Hall–Kier alpha value is -1.76. The molecule has 7 heteroatoms. The normalized spacial score (nSPS) is 11.6. The zero-order chi connectivity index (χ0) is 18.6. The molecule has 0 saturated carbocycles. The van der Waals surface area contributed by atoms with Crippen LogP contribution in [0, 0.1) is 0 Å². The first kappa shape index (κ1) is 19.6. The zero-order valence-corrected chi connectivity index (χ0v) is 15.6. The number of hydrogen-bond acceptors (Lipinski definition) is 2. The molecule has 1 aromatic carbocycles. The van der Waals surface area contributed by atoms with E-state index in [2.05, 4.69) is 21.2 Å². The van der Waals surface area contributed by atoms with Crippen molar-refractivity contribution in [3.05, 3.63) is 45.6 Å². The topological polar surface area (TPSA) is 42.2 Å². The summed E-state index contributed by atoms with van der Waals surface area (Å²) in [5.74, 6) is -0.0129. The van der Waals surface area contributed by atoms with Gasteiger partial charge in [0.05, 0.1) is 11.1 Å². The molecule has 0 radical (unpaired) electrons. The Kier molecular flexibility index (Phi) is 6.32. The maximum absolute atomic E-state index is 12.7. The van der Waals surface area contributed by atoms with E-state index >= 15 is 0 Å². The number of furan rings is 1. The highest BCUT2D eigenvalue weighted by Crippen LogP contribution is 2.37. The number of amides is 1. The third kappa shape index (κ3) is 4.45. The highest BCUT2D eigenvalue weighted by molar-refractivity contribution is 9.10. The molecule has 0 fully saturated rings. The van der Waals surface area contributed by atoms with Gasteiger partial charge in [-0.15, -0.1) is 0 Å². The van der Waals surface area contributed by atoms with Gasteiger partial charge >= 0.3 is 6.18 Å². The monoisotopic (exact) mass is 417 g/mol. The lowest BCUT2D eigenvalue weighted by Crippen LogP contribution is -2.25. The van der Waals surface area contributed by atoms with Gasteiger partial charge in [-0.3, -0.25) is 4.79 Å². The molecule has 1 heterocycles. The number of rotatable bonds is 6. The van der Waals surface area contributed by atoms with Crippen LogP contribution in [0.1, 0.15) is 48.2 Å². The van der Waals surface area contributed by atoms with E-state index in [1.807, 2.05) is 13.8 Å². The average molecular weight is 418 g/mol. The van der Waals surface area contributed by atoms with Gasteiger partial charge in [-0.1, -0.05) is 32.4 Å². The smallest absolute Gasteiger partial charge is 0.416 e. The third-order valence-corrected chi connectivity index (χ3v) is 4.47. The van der Waals surface area contributed by atoms with E-state index in [4.69, 9.17) is 4.42 Å². The van der Waals surface area contributed by atoms with Gasteiger partial charge in [0, 0.05) is 17.7 Å². The lowest BCUT2D eigenvalue weighted by molar-refractivity contribution is -0.137. The maximum Gasteiger partial charge on any atom is 0.416 e. The number of carbonyl (C=O) groups excluding carboxylic acids is 1. The van der Waals surface area contributed by atoms with Crippen LogP contribution < -0.4 is 5.32 Å². The van der Waals surface area contributed by atoms with Crippen molar-refractivity contribution in [2.75, 3.05) is 6.54 Å². The van der Waals surface area contributed by atoms with Crippen molar-refractivity contribution in [3.8, 4) is 11.3 Å². The predicted octanol–water partition coefficient (Wildman–Crippen LogP) is 5.82. The van der Waals surface area contributed by atoms with Gasteiger partial charge in [-0.25, -0.2) is 0 Å². The third-order valence-electron chi connectivity index (χ3n) is 3.83. The largest absolute Gasteiger partial charge is 0.448 e. The van der Waals surface area contributed by atoms with Crippen LogP contribution in [0.3, 0.4) is 0 Å². The highest BCUT2D eigenvalue weighted by Gasteiger charge is 2.31. The summed E-state index contributed by atoms with van der Waals surface area (Å²) in [4.78, 5) is 12.6. The molecule has 2 aromatic rings. The Labute approximate surface area is 152 Å². The summed E-state index contributed by atoms with van der Waals surface area (Å²) in [6.07, 6.45) is -2.05. The van der Waals surface area contributed by atoms with E-state index in [-0.39, 0.29) is 11.7 Å². The van der Waals surface area contributed by atoms with Crippen LogP contribution in [-0.4, -0.2) is 12.5 Å².